The highest BCUT2D eigenvalue weighted by molar-refractivity contribution is 6.50. The highest BCUT2D eigenvalue weighted by atomic mass is 35.5. The van der Waals surface area contributed by atoms with Crippen molar-refractivity contribution in [1.82, 2.24) is 0 Å². The lowest BCUT2D eigenvalue weighted by atomic mass is 10.0. The third kappa shape index (κ3) is 2.43. The molecule has 0 radical (unpaired) electrons. The van der Waals surface area contributed by atoms with E-state index in [9.17, 15) is 19.5 Å². The van der Waals surface area contributed by atoms with E-state index in [1.54, 1.807) is 6.92 Å². The van der Waals surface area contributed by atoms with Gasteiger partial charge in [0.1, 0.15) is 16.7 Å². The average molecular weight is 351 g/mol. The number of fused-ring (bicyclic) bond motifs is 2. The molecule has 1 aromatic heterocycles. The van der Waals surface area contributed by atoms with Crippen molar-refractivity contribution in [2.24, 2.45) is 0 Å². The maximum Gasteiger partial charge on any atom is 0.352 e. The molecule has 0 amide bonds. The number of aromatic hydroxyl groups is 1. The molecule has 0 spiro atoms. The first-order chi connectivity index (χ1) is 11.3. The first-order valence-electron chi connectivity index (χ1n) is 6.79. The Balaban J connectivity index is 2.45. The highest BCUT2D eigenvalue weighted by Gasteiger charge is 2.36. The molecule has 3 rings (SSSR count). The van der Waals surface area contributed by atoms with Crippen molar-refractivity contribution >= 4 is 39.5 Å². The Morgan fingerprint density at radius 2 is 2.04 bits per heavy atom. The van der Waals surface area contributed by atoms with Crippen LogP contribution in [0.5, 0.6) is 5.75 Å². The third-order valence-electron chi connectivity index (χ3n) is 3.53. The van der Waals surface area contributed by atoms with Crippen molar-refractivity contribution in [3.05, 3.63) is 45.3 Å². The van der Waals surface area contributed by atoms with E-state index in [1.807, 2.05) is 0 Å². The quantitative estimate of drug-likeness (QED) is 0.786. The minimum atomic E-state index is -1.65. The smallest absolute Gasteiger partial charge is 0.352 e. The molecule has 1 aromatic carbocycles. The predicted octanol–water partition coefficient (Wildman–Crippen LogP) is 2.16. The minimum Gasteiger partial charge on any atom is -0.507 e. The Morgan fingerprint density at radius 3 is 2.71 bits per heavy atom. The summed E-state index contributed by atoms with van der Waals surface area (Å²) in [5.74, 6) is -2.39. The van der Waals surface area contributed by atoms with Gasteiger partial charge in [0.15, 0.2) is 5.76 Å². The van der Waals surface area contributed by atoms with Gasteiger partial charge < -0.3 is 19.0 Å². The fourth-order valence-corrected chi connectivity index (χ4v) is 2.74. The van der Waals surface area contributed by atoms with Crippen LogP contribution in [0.4, 0.5) is 0 Å². The summed E-state index contributed by atoms with van der Waals surface area (Å²) in [5, 5.41) is 9.74. The molecule has 0 saturated heterocycles. The van der Waals surface area contributed by atoms with E-state index in [4.69, 9.17) is 20.8 Å². The fourth-order valence-electron chi connectivity index (χ4n) is 2.51. The zero-order chi connectivity index (χ0) is 17.6. The Morgan fingerprint density at radius 1 is 1.33 bits per heavy atom. The van der Waals surface area contributed by atoms with Crippen molar-refractivity contribution in [3.63, 3.8) is 0 Å². The number of methoxy groups -OCH3 is 1. The van der Waals surface area contributed by atoms with Crippen molar-refractivity contribution in [2.75, 3.05) is 7.11 Å². The topological polar surface area (TPSA) is 103 Å². The molecule has 24 heavy (non-hydrogen) atoms. The van der Waals surface area contributed by atoms with Gasteiger partial charge in [0.2, 0.25) is 11.5 Å². The zero-order valence-corrected chi connectivity index (χ0v) is 13.3. The first kappa shape index (κ1) is 16.1. The van der Waals surface area contributed by atoms with Crippen LogP contribution in [0, 0.1) is 6.92 Å². The van der Waals surface area contributed by atoms with Crippen LogP contribution in [-0.2, 0) is 19.1 Å². The molecule has 2 aromatic rings. The molecule has 1 N–H and O–H groups in total. The van der Waals surface area contributed by atoms with Gasteiger partial charge in [0, 0.05) is 6.08 Å². The number of hydrogen-bond acceptors (Lipinski definition) is 7. The summed E-state index contributed by atoms with van der Waals surface area (Å²) < 4.78 is 15.1. The number of phenols is 1. The third-order valence-corrected chi connectivity index (χ3v) is 3.81. The van der Waals surface area contributed by atoms with Gasteiger partial charge in [-0.15, -0.1) is 0 Å². The van der Waals surface area contributed by atoms with Crippen LogP contribution in [0.15, 0.2) is 27.4 Å². The maximum atomic E-state index is 12.8. The molecule has 2 heterocycles. The van der Waals surface area contributed by atoms with Crippen molar-refractivity contribution < 1.29 is 28.6 Å². The van der Waals surface area contributed by atoms with Crippen LogP contribution in [0.1, 0.15) is 23.0 Å². The number of carbonyl (C=O) groups excluding carboxylic acids is 2. The largest absolute Gasteiger partial charge is 0.507 e. The molecule has 0 bridgehead atoms. The van der Waals surface area contributed by atoms with Gasteiger partial charge in [-0.3, -0.25) is 4.79 Å². The molecule has 1 aliphatic rings. The minimum absolute atomic E-state index is 0.0702. The summed E-state index contributed by atoms with van der Waals surface area (Å²) in [6.07, 6.45) is -0.750. The van der Waals surface area contributed by atoms with E-state index in [1.165, 1.54) is 12.1 Å². The van der Waals surface area contributed by atoms with Crippen LogP contribution in [-0.4, -0.2) is 24.2 Å². The molecule has 0 aliphatic carbocycles. The zero-order valence-electron chi connectivity index (χ0n) is 12.6. The fraction of sp³-hybridized carbons (Fsp3) is 0.188. The number of carbonyl (C=O) groups is 2. The standard InChI is InChI=1S/C16H11ClO7/c1-6-3-8(18)11-9(4-6)23-14-7(17)5-10(19)24-15(16(21)22-2)12(14)13(11)20/h3-5,15,18H,1-2H3. The Bertz CT molecular complexity index is 971. The van der Waals surface area contributed by atoms with E-state index in [2.05, 4.69) is 4.74 Å². The van der Waals surface area contributed by atoms with Crippen LogP contribution in [0.3, 0.4) is 0 Å². The van der Waals surface area contributed by atoms with Crippen LogP contribution in [0.25, 0.3) is 16.0 Å². The van der Waals surface area contributed by atoms with Crippen LogP contribution in [0.2, 0.25) is 0 Å². The average Bonchev–Trinajstić information content (AvgIpc) is 2.62. The lowest BCUT2D eigenvalue weighted by Crippen LogP contribution is -2.26. The molecular formula is C16H11ClO7. The number of aryl methyl sites for hydroxylation is 1. The molecule has 0 saturated carbocycles. The summed E-state index contributed by atoms with van der Waals surface area (Å²) in [5.41, 5.74) is -0.324. The van der Waals surface area contributed by atoms with E-state index >= 15 is 0 Å². The molecule has 7 nitrogen and oxygen atoms in total. The number of cyclic esters (lactones) is 1. The van der Waals surface area contributed by atoms with Gasteiger partial charge in [0.25, 0.3) is 0 Å². The number of hydrogen-bond donors (Lipinski definition) is 1. The van der Waals surface area contributed by atoms with Gasteiger partial charge in [-0.2, -0.15) is 0 Å². The van der Waals surface area contributed by atoms with Gasteiger partial charge >= 0.3 is 11.9 Å². The van der Waals surface area contributed by atoms with Crippen molar-refractivity contribution in [1.29, 1.82) is 0 Å². The summed E-state index contributed by atoms with van der Waals surface area (Å²) >= 11 is 6.02. The normalized spacial score (nSPS) is 16.9. The molecule has 1 atom stereocenters. The second-order valence-corrected chi connectivity index (χ2v) is 5.57. The van der Waals surface area contributed by atoms with Crippen LogP contribution < -0.4 is 5.43 Å². The molecular weight excluding hydrogens is 340 g/mol. The number of phenolic OH excluding ortho intramolecular Hbond substituents is 1. The summed E-state index contributed by atoms with van der Waals surface area (Å²) in [6, 6.07) is 2.90. The van der Waals surface area contributed by atoms with Gasteiger partial charge in [-0.1, -0.05) is 11.6 Å². The Labute approximate surface area is 140 Å². The SMILES string of the molecule is COC(=O)C1OC(=O)C=C(Cl)c2oc3cc(C)cc(O)c3c(=O)c21. The lowest BCUT2D eigenvalue weighted by molar-refractivity contribution is -0.163. The number of benzene rings is 1. The lowest BCUT2D eigenvalue weighted by Gasteiger charge is -2.15. The first-order valence-corrected chi connectivity index (χ1v) is 7.17. The summed E-state index contributed by atoms with van der Waals surface area (Å²) in [7, 11) is 1.08. The van der Waals surface area contributed by atoms with E-state index in [0.29, 0.717) is 5.56 Å². The number of halogens is 1. The highest BCUT2D eigenvalue weighted by Crippen LogP contribution is 2.35. The van der Waals surface area contributed by atoms with E-state index in [0.717, 1.165) is 13.2 Å². The van der Waals surface area contributed by atoms with Gasteiger partial charge in [-0.05, 0) is 24.6 Å². The molecule has 0 fully saturated rings. The molecule has 1 unspecified atom stereocenters. The second-order valence-electron chi connectivity index (χ2n) is 5.16. The van der Waals surface area contributed by atoms with Crippen molar-refractivity contribution in [3.8, 4) is 5.75 Å². The molecule has 1 aliphatic heterocycles. The monoisotopic (exact) mass is 350 g/mol. The Hall–Kier alpha value is -2.80. The Kier molecular flexibility index (Phi) is 3.81. The second kappa shape index (κ2) is 5.68. The van der Waals surface area contributed by atoms with E-state index < -0.39 is 23.5 Å². The maximum absolute atomic E-state index is 12.8. The summed E-state index contributed by atoms with van der Waals surface area (Å²) in [6.45, 7) is 1.70. The predicted molar refractivity (Wildman–Crippen MR) is 83.6 cm³/mol. The molecule has 8 heteroatoms. The van der Waals surface area contributed by atoms with E-state index in [-0.39, 0.29) is 33.1 Å². The van der Waals surface area contributed by atoms with Crippen LogP contribution >= 0.6 is 11.6 Å². The number of ether oxygens (including phenoxy) is 2. The van der Waals surface area contributed by atoms with Gasteiger partial charge in [-0.25, -0.2) is 9.59 Å². The van der Waals surface area contributed by atoms with Gasteiger partial charge in [0.05, 0.1) is 17.7 Å². The summed E-state index contributed by atoms with van der Waals surface area (Å²) in [4.78, 5) is 36.5. The van der Waals surface area contributed by atoms with Crippen molar-refractivity contribution in [2.45, 2.75) is 13.0 Å². The molecule has 124 valence electrons. The number of esters is 2. The number of rotatable bonds is 1.